The van der Waals surface area contributed by atoms with Gasteiger partial charge in [0, 0.05) is 10.9 Å². The molecular formula is C22H21N3O4. The van der Waals surface area contributed by atoms with Gasteiger partial charge >= 0.3 is 12.0 Å². The van der Waals surface area contributed by atoms with Crippen LogP contribution in [0.1, 0.15) is 24.2 Å². The third-order valence-electron chi connectivity index (χ3n) is 4.35. The fourth-order valence-electron chi connectivity index (χ4n) is 2.96. The van der Waals surface area contributed by atoms with Crippen molar-refractivity contribution in [3.05, 3.63) is 66.2 Å². The van der Waals surface area contributed by atoms with Crippen LogP contribution in [0.25, 0.3) is 22.2 Å². The summed E-state index contributed by atoms with van der Waals surface area (Å²) in [5.74, 6) is -1.80. The number of para-hydroxylation sites is 1. The molecule has 7 heteroatoms. The Bertz CT molecular complexity index is 1060. The molecule has 0 bridgehead atoms. The van der Waals surface area contributed by atoms with Crippen LogP contribution in [0, 0.1) is 5.92 Å². The van der Waals surface area contributed by atoms with Gasteiger partial charge in [0.15, 0.2) is 6.10 Å². The first-order valence-corrected chi connectivity index (χ1v) is 9.13. The number of primary amides is 1. The van der Waals surface area contributed by atoms with Gasteiger partial charge in [0.25, 0.3) is 5.91 Å². The van der Waals surface area contributed by atoms with Crippen molar-refractivity contribution in [3.8, 4) is 11.3 Å². The van der Waals surface area contributed by atoms with Gasteiger partial charge in [0.1, 0.15) is 0 Å². The molecule has 0 radical (unpaired) electrons. The number of ether oxygens (including phenoxy) is 1. The Morgan fingerprint density at radius 3 is 2.31 bits per heavy atom. The highest BCUT2D eigenvalue weighted by atomic mass is 16.5. The molecule has 1 atom stereocenters. The average molecular weight is 391 g/mol. The maximum absolute atomic E-state index is 13.0. The van der Waals surface area contributed by atoms with Gasteiger partial charge in [-0.05, 0) is 18.1 Å². The summed E-state index contributed by atoms with van der Waals surface area (Å²) in [6.07, 6.45) is -1.16. The van der Waals surface area contributed by atoms with E-state index >= 15 is 0 Å². The molecule has 3 aromatic rings. The molecule has 3 amide bonds. The topological polar surface area (TPSA) is 111 Å². The molecule has 0 aliphatic rings. The van der Waals surface area contributed by atoms with E-state index in [9.17, 15) is 14.4 Å². The van der Waals surface area contributed by atoms with Crippen molar-refractivity contribution in [1.82, 2.24) is 10.3 Å². The first-order valence-electron chi connectivity index (χ1n) is 9.13. The number of fused-ring (bicyclic) bond motifs is 1. The number of urea groups is 1. The Balaban J connectivity index is 2.02. The van der Waals surface area contributed by atoms with Gasteiger partial charge in [-0.3, -0.25) is 10.1 Å². The Kier molecular flexibility index (Phi) is 5.87. The van der Waals surface area contributed by atoms with Crippen LogP contribution < -0.4 is 11.1 Å². The molecule has 0 saturated carbocycles. The lowest BCUT2D eigenvalue weighted by Crippen LogP contribution is -2.45. The zero-order chi connectivity index (χ0) is 21.0. The highest BCUT2D eigenvalue weighted by Crippen LogP contribution is 2.26. The molecule has 2 aromatic carbocycles. The van der Waals surface area contributed by atoms with Gasteiger partial charge in [-0.15, -0.1) is 0 Å². The highest BCUT2D eigenvalue weighted by molar-refractivity contribution is 6.06. The number of aromatic nitrogens is 1. The molecule has 0 aliphatic heterocycles. The van der Waals surface area contributed by atoms with Gasteiger partial charge in [-0.1, -0.05) is 62.4 Å². The first-order chi connectivity index (χ1) is 13.9. The van der Waals surface area contributed by atoms with Crippen LogP contribution in [0.5, 0.6) is 0 Å². The number of nitrogens with one attached hydrogen (secondary N) is 1. The zero-order valence-corrected chi connectivity index (χ0v) is 16.1. The number of carbonyl (C=O) groups is 3. The van der Waals surface area contributed by atoms with Crippen LogP contribution in [0.3, 0.4) is 0 Å². The number of imide groups is 1. The van der Waals surface area contributed by atoms with Crippen molar-refractivity contribution in [2.75, 3.05) is 0 Å². The third-order valence-corrected chi connectivity index (χ3v) is 4.35. The largest absolute Gasteiger partial charge is 0.448 e. The molecule has 0 saturated heterocycles. The smallest absolute Gasteiger partial charge is 0.339 e. The van der Waals surface area contributed by atoms with E-state index in [1.165, 1.54) is 0 Å². The number of amides is 3. The monoisotopic (exact) mass is 391 g/mol. The van der Waals surface area contributed by atoms with E-state index in [2.05, 4.69) is 4.98 Å². The van der Waals surface area contributed by atoms with Gasteiger partial charge in [-0.25, -0.2) is 14.6 Å². The van der Waals surface area contributed by atoms with Gasteiger partial charge in [-0.2, -0.15) is 0 Å². The highest BCUT2D eigenvalue weighted by Gasteiger charge is 2.28. The van der Waals surface area contributed by atoms with Crippen LogP contribution in [0.2, 0.25) is 0 Å². The van der Waals surface area contributed by atoms with E-state index in [1.54, 1.807) is 38.1 Å². The molecule has 0 spiro atoms. The molecule has 3 N–H and O–H groups in total. The van der Waals surface area contributed by atoms with E-state index in [-0.39, 0.29) is 11.5 Å². The fourth-order valence-corrected chi connectivity index (χ4v) is 2.96. The second-order valence-corrected chi connectivity index (χ2v) is 6.86. The van der Waals surface area contributed by atoms with Gasteiger partial charge in [0.05, 0.1) is 16.8 Å². The maximum Gasteiger partial charge on any atom is 0.339 e. The van der Waals surface area contributed by atoms with Gasteiger partial charge < -0.3 is 10.5 Å². The molecule has 0 unspecified atom stereocenters. The summed E-state index contributed by atoms with van der Waals surface area (Å²) in [6.45, 7) is 3.41. The number of nitrogens with zero attached hydrogens (tertiary/aromatic N) is 1. The lowest BCUT2D eigenvalue weighted by Gasteiger charge is -2.20. The molecule has 29 heavy (non-hydrogen) atoms. The number of hydrogen-bond acceptors (Lipinski definition) is 5. The molecule has 148 valence electrons. The van der Waals surface area contributed by atoms with Gasteiger partial charge in [0.2, 0.25) is 0 Å². The number of pyridine rings is 1. The van der Waals surface area contributed by atoms with E-state index < -0.39 is 24.0 Å². The lowest BCUT2D eigenvalue weighted by molar-refractivity contribution is -0.130. The van der Waals surface area contributed by atoms with Crippen molar-refractivity contribution >= 4 is 28.8 Å². The fraction of sp³-hybridized carbons (Fsp3) is 0.182. The normalized spacial score (nSPS) is 11.8. The van der Waals surface area contributed by atoms with Crippen molar-refractivity contribution in [2.45, 2.75) is 20.0 Å². The summed E-state index contributed by atoms with van der Waals surface area (Å²) >= 11 is 0. The Hall–Kier alpha value is -3.74. The summed E-state index contributed by atoms with van der Waals surface area (Å²) < 4.78 is 5.47. The molecule has 1 heterocycles. The SMILES string of the molecule is CC(C)[C@H](OC(=O)c1cc(-c2ccccc2)nc2ccccc12)C(=O)NC(N)=O. The summed E-state index contributed by atoms with van der Waals surface area (Å²) in [5, 5.41) is 2.57. The number of rotatable bonds is 5. The van der Waals surface area contributed by atoms with Crippen LogP contribution in [-0.2, 0) is 9.53 Å². The quantitative estimate of drug-likeness (QED) is 0.648. The van der Waals surface area contributed by atoms with E-state index in [1.807, 2.05) is 41.7 Å². The second kappa shape index (κ2) is 8.52. The Morgan fingerprint density at radius 1 is 1.00 bits per heavy atom. The number of carbonyl (C=O) groups excluding carboxylic acids is 3. The molecule has 0 fully saturated rings. The Morgan fingerprint density at radius 2 is 1.66 bits per heavy atom. The van der Waals surface area contributed by atoms with E-state index in [0.29, 0.717) is 16.6 Å². The van der Waals surface area contributed by atoms with Crippen LogP contribution >= 0.6 is 0 Å². The Labute approximate surface area is 167 Å². The summed E-state index contributed by atoms with van der Waals surface area (Å²) in [7, 11) is 0. The minimum Gasteiger partial charge on any atom is -0.448 e. The van der Waals surface area contributed by atoms with Crippen LogP contribution in [0.4, 0.5) is 4.79 Å². The molecule has 3 rings (SSSR count). The second-order valence-electron chi connectivity index (χ2n) is 6.86. The maximum atomic E-state index is 13.0. The van der Waals surface area contributed by atoms with E-state index in [4.69, 9.17) is 10.5 Å². The third kappa shape index (κ3) is 4.57. The summed E-state index contributed by atoms with van der Waals surface area (Å²) in [5.41, 5.74) is 7.38. The standard InChI is InChI=1S/C22H21N3O4/c1-13(2)19(20(26)25-22(23)28)29-21(27)16-12-18(14-8-4-3-5-9-14)24-17-11-7-6-10-15(16)17/h3-13,19H,1-2H3,(H3,23,25,26,28)/t19-/m0/s1. The number of benzene rings is 2. The predicted octanol–water partition coefficient (Wildman–Crippen LogP) is 3.28. The van der Waals surface area contributed by atoms with E-state index in [0.717, 1.165) is 5.56 Å². The van der Waals surface area contributed by atoms with Crippen molar-refractivity contribution < 1.29 is 19.1 Å². The molecule has 0 aliphatic carbocycles. The number of hydrogen-bond donors (Lipinski definition) is 2. The molecule has 1 aromatic heterocycles. The zero-order valence-electron chi connectivity index (χ0n) is 16.1. The minimum absolute atomic E-state index is 0.284. The van der Waals surface area contributed by atoms with Crippen LogP contribution in [-0.4, -0.2) is 29.0 Å². The minimum atomic E-state index is -1.16. The van der Waals surface area contributed by atoms with Crippen molar-refractivity contribution in [3.63, 3.8) is 0 Å². The molecular weight excluding hydrogens is 370 g/mol. The van der Waals surface area contributed by atoms with Crippen LogP contribution in [0.15, 0.2) is 60.7 Å². The first kappa shape index (κ1) is 20.0. The molecule has 7 nitrogen and oxygen atoms in total. The predicted molar refractivity (Wildman–Crippen MR) is 109 cm³/mol. The number of esters is 1. The summed E-state index contributed by atoms with van der Waals surface area (Å²) in [6, 6.07) is 17.3. The van der Waals surface area contributed by atoms with Crippen molar-refractivity contribution in [1.29, 1.82) is 0 Å². The van der Waals surface area contributed by atoms with Crippen molar-refractivity contribution in [2.24, 2.45) is 11.7 Å². The number of nitrogens with two attached hydrogens (primary N) is 1. The summed E-state index contributed by atoms with van der Waals surface area (Å²) in [4.78, 5) is 40.9. The lowest BCUT2D eigenvalue weighted by atomic mass is 10.0. The average Bonchev–Trinajstić information content (AvgIpc) is 2.70.